The summed E-state index contributed by atoms with van der Waals surface area (Å²) in [6, 6.07) is 5.57. The molecule has 130 valence electrons. The molecule has 1 N–H and O–H groups in total. The van der Waals surface area contributed by atoms with Gasteiger partial charge in [0.25, 0.3) is 5.91 Å². The Balaban J connectivity index is 1.59. The second-order valence-electron chi connectivity index (χ2n) is 5.67. The molecular weight excluding hydrogens is 350 g/mol. The lowest BCUT2D eigenvalue weighted by Gasteiger charge is -2.03. The maximum atomic E-state index is 12.6. The first-order valence-electron chi connectivity index (χ1n) is 7.81. The van der Waals surface area contributed by atoms with Gasteiger partial charge in [0, 0.05) is 38.2 Å². The molecule has 0 aliphatic carbocycles. The smallest absolute Gasteiger partial charge is 0.267 e. The highest BCUT2D eigenvalue weighted by molar-refractivity contribution is 7.17. The topological polar surface area (TPSA) is 90.5 Å². The Morgan fingerprint density at radius 2 is 2.00 bits per heavy atom. The molecule has 4 heterocycles. The number of aryl methyl sites for hydroxylation is 2. The zero-order valence-electron chi connectivity index (χ0n) is 14.1. The minimum atomic E-state index is -0.233. The van der Waals surface area contributed by atoms with Gasteiger partial charge in [0.1, 0.15) is 15.6 Å². The van der Waals surface area contributed by atoms with Crippen molar-refractivity contribution in [1.82, 2.24) is 29.5 Å². The van der Waals surface area contributed by atoms with Gasteiger partial charge >= 0.3 is 0 Å². The summed E-state index contributed by atoms with van der Waals surface area (Å²) < 4.78 is 3.35. The van der Waals surface area contributed by atoms with Crippen molar-refractivity contribution >= 4 is 22.9 Å². The van der Waals surface area contributed by atoms with Crippen LogP contribution in [0.3, 0.4) is 0 Å². The Kier molecular flexibility index (Phi) is 4.05. The van der Waals surface area contributed by atoms with E-state index in [0.29, 0.717) is 22.0 Å². The summed E-state index contributed by atoms with van der Waals surface area (Å²) >= 11 is 1.32. The number of carbonyl (C=O) groups is 1. The number of carbonyl (C=O) groups excluding carboxylic acids is 1. The number of anilines is 1. The number of amides is 1. The molecule has 0 saturated heterocycles. The zero-order valence-corrected chi connectivity index (χ0v) is 14.9. The highest BCUT2D eigenvalue weighted by atomic mass is 32.1. The summed E-state index contributed by atoms with van der Waals surface area (Å²) in [6.07, 6.45) is 8.60. The number of thiazole rings is 1. The van der Waals surface area contributed by atoms with Crippen LogP contribution in [0.4, 0.5) is 5.69 Å². The number of rotatable bonds is 4. The van der Waals surface area contributed by atoms with Gasteiger partial charge in [0.05, 0.1) is 23.8 Å². The molecule has 0 radical (unpaired) electrons. The van der Waals surface area contributed by atoms with Gasteiger partial charge in [-0.2, -0.15) is 10.2 Å². The minimum absolute atomic E-state index is 0.233. The monoisotopic (exact) mass is 365 g/mol. The van der Waals surface area contributed by atoms with Crippen LogP contribution in [0, 0.1) is 0 Å². The van der Waals surface area contributed by atoms with E-state index in [4.69, 9.17) is 0 Å². The number of nitrogens with one attached hydrogen (secondary N) is 1. The first kappa shape index (κ1) is 16.2. The molecule has 1 amide bonds. The van der Waals surface area contributed by atoms with E-state index in [9.17, 15) is 4.79 Å². The fraction of sp³-hybridized carbons (Fsp3) is 0.118. The van der Waals surface area contributed by atoms with E-state index in [1.807, 2.05) is 31.4 Å². The van der Waals surface area contributed by atoms with Crippen molar-refractivity contribution in [2.45, 2.75) is 0 Å². The van der Waals surface area contributed by atoms with E-state index >= 15 is 0 Å². The fourth-order valence-corrected chi connectivity index (χ4v) is 3.29. The van der Waals surface area contributed by atoms with Crippen LogP contribution >= 0.6 is 11.3 Å². The SMILES string of the molecule is Cn1cc(-c2ncc(C(=O)Nc3cn(C)nc3-c3ccccn3)s2)cn1. The minimum Gasteiger partial charge on any atom is -0.318 e. The van der Waals surface area contributed by atoms with Crippen LogP contribution in [0.2, 0.25) is 0 Å². The summed E-state index contributed by atoms with van der Waals surface area (Å²) in [6.45, 7) is 0. The maximum absolute atomic E-state index is 12.6. The number of hydrogen-bond acceptors (Lipinski definition) is 6. The molecule has 9 heteroatoms. The predicted octanol–water partition coefficient (Wildman–Crippen LogP) is 2.59. The summed E-state index contributed by atoms with van der Waals surface area (Å²) in [5, 5.41) is 12.2. The number of pyridine rings is 1. The van der Waals surface area contributed by atoms with Crippen molar-refractivity contribution in [2.75, 3.05) is 5.32 Å². The lowest BCUT2D eigenvalue weighted by atomic mass is 10.2. The van der Waals surface area contributed by atoms with E-state index in [1.165, 1.54) is 11.3 Å². The lowest BCUT2D eigenvalue weighted by molar-refractivity contribution is 0.103. The van der Waals surface area contributed by atoms with Gasteiger partial charge in [-0.1, -0.05) is 6.07 Å². The van der Waals surface area contributed by atoms with Crippen molar-refractivity contribution < 1.29 is 4.79 Å². The largest absolute Gasteiger partial charge is 0.318 e. The highest BCUT2D eigenvalue weighted by Crippen LogP contribution is 2.27. The molecule has 0 unspecified atom stereocenters. The first-order valence-corrected chi connectivity index (χ1v) is 8.63. The number of nitrogens with zero attached hydrogens (tertiary/aromatic N) is 6. The molecule has 4 aromatic heterocycles. The number of hydrogen-bond donors (Lipinski definition) is 1. The Labute approximate surface area is 153 Å². The Bertz CT molecular complexity index is 1060. The molecule has 4 rings (SSSR count). The Morgan fingerprint density at radius 1 is 1.12 bits per heavy atom. The van der Waals surface area contributed by atoms with Gasteiger partial charge in [-0.15, -0.1) is 11.3 Å². The third kappa shape index (κ3) is 3.11. The second-order valence-corrected chi connectivity index (χ2v) is 6.70. The molecule has 0 aliphatic rings. The third-order valence-electron chi connectivity index (χ3n) is 3.67. The van der Waals surface area contributed by atoms with Gasteiger partial charge in [-0.3, -0.25) is 19.1 Å². The van der Waals surface area contributed by atoms with Gasteiger partial charge in [-0.05, 0) is 12.1 Å². The molecule has 0 aliphatic heterocycles. The average Bonchev–Trinajstić information content (AvgIpc) is 3.35. The first-order chi connectivity index (χ1) is 12.6. The lowest BCUT2D eigenvalue weighted by Crippen LogP contribution is -2.10. The summed E-state index contributed by atoms with van der Waals surface area (Å²) in [7, 11) is 3.64. The summed E-state index contributed by atoms with van der Waals surface area (Å²) in [4.78, 5) is 21.8. The molecule has 4 aromatic rings. The maximum Gasteiger partial charge on any atom is 0.267 e. The highest BCUT2D eigenvalue weighted by Gasteiger charge is 2.17. The Morgan fingerprint density at radius 3 is 2.73 bits per heavy atom. The zero-order chi connectivity index (χ0) is 18.1. The third-order valence-corrected chi connectivity index (χ3v) is 4.71. The quantitative estimate of drug-likeness (QED) is 0.600. The van der Waals surface area contributed by atoms with Gasteiger partial charge in [-0.25, -0.2) is 4.98 Å². The molecule has 0 bridgehead atoms. The van der Waals surface area contributed by atoms with Crippen LogP contribution in [0.1, 0.15) is 9.67 Å². The van der Waals surface area contributed by atoms with Crippen molar-refractivity contribution in [3.05, 3.63) is 54.1 Å². The average molecular weight is 365 g/mol. The van der Waals surface area contributed by atoms with E-state index in [-0.39, 0.29) is 5.91 Å². The molecule has 0 atom stereocenters. The molecule has 0 saturated carbocycles. The van der Waals surface area contributed by atoms with Crippen LogP contribution in [0.5, 0.6) is 0 Å². The summed E-state index contributed by atoms with van der Waals surface area (Å²) in [5.74, 6) is -0.233. The van der Waals surface area contributed by atoms with E-state index in [2.05, 4.69) is 25.5 Å². The van der Waals surface area contributed by atoms with Crippen LogP contribution in [-0.4, -0.2) is 35.4 Å². The Hall–Kier alpha value is -3.33. The summed E-state index contributed by atoms with van der Waals surface area (Å²) in [5.41, 5.74) is 2.81. The van der Waals surface area contributed by atoms with Crippen molar-refractivity contribution in [3.63, 3.8) is 0 Å². The molecule has 0 spiro atoms. The van der Waals surface area contributed by atoms with E-state index in [0.717, 1.165) is 10.6 Å². The number of aromatic nitrogens is 6. The van der Waals surface area contributed by atoms with Crippen LogP contribution in [0.25, 0.3) is 22.0 Å². The molecule has 0 fully saturated rings. The van der Waals surface area contributed by atoms with E-state index < -0.39 is 0 Å². The van der Waals surface area contributed by atoms with Crippen molar-refractivity contribution in [3.8, 4) is 22.0 Å². The standard InChI is InChI=1S/C17H15N7OS/c1-23-9-11(7-20-23)17-19-8-14(26-17)16(25)21-13-10-24(2)22-15(13)12-5-3-4-6-18-12/h3-10H,1-2H3,(H,21,25). The second kappa shape index (κ2) is 6.52. The van der Waals surface area contributed by atoms with Crippen LogP contribution in [0.15, 0.2) is 49.2 Å². The molecule has 8 nitrogen and oxygen atoms in total. The van der Waals surface area contributed by atoms with Gasteiger partial charge < -0.3 is 5.32 Å². The van der Waals surface area contributed by atoms with Gasteiger partial charge in [0.15, 0.2) is 0 Å². The van der Waals surface area contributed by atoms with Crippen molar-refractivity contribution in [2.24, 2.45) is 14.1 Å². The normalized spacial score (nSPS) is 10.8. The van der Waals surface area contributed by atoms with Crippen molar-refractivity contribution in [1.29, 1.82) is 0 Å². The van der Waals surface area contributed by atoms with E-state index in [1.54, 1.807) is 41.2 Å². The molecule has 26 heavy (non-hydrogen) atoms. The van der Waals surface area contributed by atoms with Gasteiger partial charge in [0.2, 0.25) is 0 Å². The predicted molar refractivity (Wildman–Crippen MR) is 98.7 cm³/mol. The molecular formula is C17H15N7OS. The van der Waals surface area contributed by atoms with Crippen LogP contribution in [-0.2, 0) is 14.1 Å². The fourth-order valence-electron chi connectivity index (χ4n) is 2.50. The van der Waals surface area contributed by atoms with Crippen LogP contribution < -0.4 is 5.32 Å². The molecule has 0 aromatic carbocycles.